The molecule has 3 nitrogen and oxygen atoms in total. The largest absolute Gasteiger partial charge is 0.385 e. The maximum absolute atomic E-state index is 5.56. The van der Waals surface area contributed by atoms with Gasteiger partial charge in [-0.1, -0.05) is 17.7 Å². The first-order valence-electron chi connectivity index (χ1n) is 7.05. The fraction of sp³-hybridized carbons (Fsp3) is 0.438. The standard InChI is InChI=1S/C16H22N2OS/c1-4-19-13(3)16-18-15(11-20-16)9-10-17-14-7-5-12(2)6-8-14/h5-8,11,13,17H,4,9-10H2,1-3H3. The lowest BCUT2D eigenvalue weighted by molar-refractivity contribution is 0.0761. The van der Waals surface area contributed by atoms with Crippen molar-refractivity contribution in [3.8, 4) is 0 Å². The van der Waals surface area contributed by atoms with Gasteiger partial charge in [0.25, 0.3) is 0 Å². The summed E-state index contributed by atoms with van der Waals surface area (Å²) in [4.78, 5) is 4.63. The summed E-state index contributed by atoms with van der Waals surface area (Å²) < 4.78 is 5.56. The summed E-state index contributed by atoms with van der Waals surface area (Å²) >= 11 is 1.68. The van der Waals surface area contributed by atoms with E-state index in [0.29, 0.717) is 0 Å². The Balaban J connectivity index is 1.81. The van der Waals surface area contributed by atoms with Gasteiger partial charge in [0, 0.05) is 30.6 Å². The molecule has 0 fully saturated rings. The lowest BCUT2D eigenvalue weighted by Crippen LogP contribution is -2.05. The molecule has 0 spiro atoms. The normalized spacial score (nSPS) is 12.3. The van der Waals surface area contributed by atoms with E-state index in [2.05, 4.69) is 53.8 Å². The minimum absolute atomic E-state index is 0.101. The Morgan fingerprint density at radius 2 is 2.05 bits per heavy atom. The van der Waals surface area contributed by atoms with Gasteiger partial charge in [-0.25, -0.2) is 4.98 Å². The molecule has 0 amide bonds. The summed E-state index contributed by atoms with van der Waals surface area (Å²) in [5.41, 5.74) is 3.58. The Morgan fingerprint density at radius 3 is 2.75 bits per heavy atom. The van der Waals surface area contributed by atoms with Crippen LogP contribution in [0.15, 0.2) is 29.6 Å². The van der Waals surface area contributed by atoms with Gasteiger partial charge in [0.05, 0.1) is 5.69 Å². The van der Waals surface area contributed by atoms with Crippen LogP contribution in [0.5, 0.6) is 0 Å². The lowest BCUT2D eigenvalue weighted by atomic mass is 10.2. The Labute approximate surface area is 125 Å². The number of thiazole rings is 1. The van der Waals surface area contributed by atoms with Crippen LogP contribution in [0.3, 0.4) is 0 Å². The molecule has 4 heteroatoms. The molecule has 108 valence electrons. The third kappa shape index (κ3) is 4.32. The Hall–Kier alpha value is -1.39. The fourth-order valence-corrected chi connectivity index (χ4v) is 2.81. The minimum atomic E-state index is 0.101. The van der Waals surface area contributed by atoms with Crippen LogP contribution < -0.4 is 5.32 Å². The van der Waals surface area contributed by atoms with E-state index in [-0.39, 0.29) is 6.10 Å². The summed E-state index contributed by atoms with van der Waals surface area (Å²) in [5.74, 6) is 0. The lowest BCUT2D eigenvalue weighted by Gasteiger charge is -2.07. The average molecular weight is 290 g/mol. The van der Waals surface area contributed by atoms with Crippen molar-refractivity contribution in [2.24, 2.45) is 0 Å². The van der Waals surface area contributed by atoms with E-state index in [1.54, 1.807) is 11.3 Å². The minimum Gasteiger partial charge on any atom is -0.385 e. The third-order valence-corrected chi connectivity index (χ3v) is 4.15. The van der Waals surface area contributed by atoms with Crippen LogP contribution in [0.1, 0.15) is 36.2 Å². The zero-order valence-electron chi connectivity index (χ0n) is 12.3. The number of aromatic nitrogens is 1. The second-order valence-corrected chi connectivity index (χ2v) is 5.71. The molecule has 0 bridgehead atoms. The summed E-state index contributed by atoms with van der Waals surface area (Å²) in [6, 6.07) is 8.46. The highest BCUT2D eigenvalue weighted by Crippen LogP contribution is 2.21. The number of hydrogen-bond acceptors (Lipinski definition) is 4. The summed E-state index contributed by atoms with van der Waals surface area (Å²) in [6.07, 6.45) is 1.03. The van der Waals surface area contributed by atoms with Crippen LogP contribution in [-0.4, -0.2) is 18.1 Å². The molecule has 20 heavy (non-hydrogen) atoms. The molecule has 1 heterocycles. The van der Waals surface area contributed by atoms with Crippen molar-refractivity contribution in [3.63, 3.8) is 0 Å². The number of anilines is 1. The number of rotatable bonds is 7. The van der Waals surface area contributed by atoms with Crippen LogP contribution in [0.2, 0.25) is 0 Å². The quantitative estimate of drug-likeness (QED) is 0.829. The average Bonchev–Trinajstić information content (AvgIpc) is 2.90. The molecule has 1 aromatic heterocycles. The van der Waals surface area contributed by atoms with E-state index in [9.17, 15) is 0 Å². The van der Waals surface area contributed by atoms with Gasteiger partial charge in [-0.2, -0.15) is 0 Å². The number of nitrogens with zero attached hydrogens (tertiary/aromatic N) is 1. The molecule has 1 atom stereocenters. The molecule has 0 aliphatic heterocycles. The molecule has 1 unspecified atom stereocenters. The van der Waals surface area contributed by atoms with Crippen molar-refractivity contribution in [2.45, 2.75) is 33.3 Å². The SMILES string of the molecule is CCOC(C)c1nc(CCNc2ccc(C)cc2)cs1. The van der Waals surface area contributed by atoms with Gasteiger partial charge in [-0.15, -0.1) is 11.3 Å². The molecule has 2 rings (SSSR count). The van der Waals surface area contributed by atoms with Crippen molar-refractivity contribution in [3.05, 3.63) is 45.9 Å². The van der Waals surface area contributed by atoms with Crippen LogP contribution in [0, 0.1) is 6.92 Å². The third-order valence-electron chi connectivity index (χ3n) is 3.10. The van der Waals surface area contributed by atoms with Crippen molar-refractivity contribution >= 4 is 17.0 Å². The summed E-state index contributed by atoms with van der Waals surface area (Å²) in [5, 5.41) is 6.61. The first kappa shape index (κ1) is 15.0. The number of benzene rings is 1. The Kier molecular flexibility index (Phi) is 5.56. The number of ether oxygens (including phenoxy) is 1. The highest BCUT2D eigenvalue weighted by atomic mass is 32.1. The van der Waals surface area contributed by atoms with E-state index in [4.69, 9.17) is 4.74 Å². The van der Waals surface area contributed by atoms with Crippen LogP contribution in [0.25, 0.3) is 0 Å². The zero-order valence-corrected chi connectivity index (χ0v) is 13.2. The highest BCUT2D eigenvalue weighted by molar-refractivity contribution is 7.09. The van der Waals surface area contributed by atoms with Crippen LogP contribution >= 0.6 is 11.3 Å². The molecule has 2 aromatic rings. The second-order valence-electron chi connectivity index (χ2n) is 4.82. The summed E-state index contributed by atoms with van der Waals surface area (Å²) in [7, 11) is 0. The molecule has 1 aromatic carbocycles. The van der Waals surface area contributed by atoms with Gasteiger partial charge in [0.2, 0.25) is 0 Å². The molecule has 0 radical (unpaired) electrons. The van der Waals surface area contributed by atoms with Crippen molar-refractivity contribution in [1.29, 1.82) is 0 Å². The smallest absolute Gasteiger partial charge is 0.121 e. The number of nitrogens with one attached hydrogen (secondary N) is 1. The fourth-order valence-electron chi connectivity index (χ4n) is 1.95. The van der Waals surface area contributed by atoms with Crippen molar-refractivity contribution < 1.29 is 4.74 Å². The van der Waals surface area contributed by atoms with Gasteiger partial charge in [-0.3, -0.25) is 0 Å². The molecule has 1 N–H and O–H groups in total. The summed E-state index contributed by atoms with van der Waals surface area (Å²) in [6.45, 7) is 7.79. The molecular formula is C16H22N2OS. The molecular weight excluding hydrogens is 268 g/mol. The van der Waals surface area contributed by atoms with Crippen LogP contribution in [0.4, 0.5) is 5.69 Å². The van der Waals surface area contributed by atoms with Gasteiger partial charge < -0.3 is 10.1 Å². The monoisotopic (exact) mass is 290 g/mol. The first-order valence-corrected chi connectivity index (χ1v) is 7.93. The van der Waals surface area contributed by atoms with Gasteiger partial charge in [-0.05, 0) is 32.9 Å². The van der Waals surface area contributed by atoms with E-state index in [1.807, 2.05) is 6.92 Å². The van der Waals surface area contributed by atoms with Crippen LogP contribution in [-0.2, 0) is 11.2 Å². The number of aryl methyl sites for hydroxylation is 1. The molecule has 0 saturated heterocycles. The van der Waals surface area contributed by atoms with Gasteiger partial charge in [0.1, 0.15) is 11.1 Å². The maximum Gasteiger partial charge on any atom is 0.121 e. The highest BCUT2D eigenvalue weighted by Gasteiger charge is 2.09. The predicted molar refractivity (Wildman–Crippen MR) is 85.5 cm³/mol. The van der Waals surface area contributed by atoms with Crippen molar-refractivity contribution in [2.75, 3.05) is 18.5 Å². The number of hydrogen-bond donors (Lipinski definition) is 1. The van der Waals surface area contributed by atoms with E-state index in [1.165, 1.54) is 5.56 Å². The molecule has 0 aliphatic carbocycles. The second kappa shape index (κ2) is 7.41. The Morgan fingerprint density at radius 1 is 1.30 bits per heavy atom. The molecule has 0 saturated carbocycles. The molecule has 0 aliphatic rings. The predicted octanol–water partition coefficient (Wildman–Crippen LogP) is 4.20. The van der Waals surface area contributed by atoms with Gasteiger partial charge in [0.15, 0.2) is 0 Å². The topological polar surface area (TPSA) is 34.1 Å². The van der Waals surface area contributed by atoms with E-state index < -0.39 is 0 Å². The van der Waals surface area contributed by atoms with Gasteiger partial charge >= 0.3 is 0 Å². The maximum atomic E-state index is 5.56. The van der Waals surface area contributed by atoms with E-state index >= 15 is 0 Å². The zero-order chi connectivity index (χ0) is 14.4. The first-order chi connectivity index (χ1) is 9.69. The van der Waals surface area contributed by atoms with Crippen molar-refractivity contribution in [1.82, 2.24) is 4.98 Å². The Bertz CT molecular complexity index is 522. The van der Waals surface area contributed by atoms with E-state index in [0.717, 1.165) is 36.0 Å².